The monoisotopic (exact) mass is 705 g/mol. The van der Waals surface area contributed by atoms with E-state index in [0.717, 1.165) is 43.4 Å². The second kappa shape index (κ2) is 17.3. The Morgan fingerprint density at radius 2 is 1.65 bits per heavy atom. The Hall–Kier alpha value is -4.42. The van der Waals surface area contributed by atoms with Gasteiger partial charge in [0, 0.05) is 11.3 Å². The molecule has 258 valence electrons. The van der Waals surface area contributed by atoms with Gasteiger partial charge in [-0.2, -0.15) is 0 Å². The summed E-state index contributed by atoms with van der Waals surface area (Å²) in [7, 11) is 0. The number of thioether (sulfide) groups is 1. The smallest absolute Gasteiger partial charge is 0.301 e. The molecule has 49 heavy (non-hydrogen) atoms. The summed E-state index contributed by atoms with van der Waals surface area (Å²) in [5, 5.41) is 20.3. The Morgan fingerprint density at radius 3 is 2.39 bits per heavy atom. The summed E-state index contributed by atoms with van der Waals surface area (Å²) >= 11 is 2.38. The number of hydrogen-bond acceptors (Lipinski definition) is 10. The number of carbonyl (C=O) groups is 2. The van der Waals surface area contributed by atoms with Crippen LogP contribution < -0.4 is 19.1 Å². The molecule has 9 nitrogen and oxygen atoms in total. The molecule has 12 heteroatoms. The molecule has 1 aliphatic heterocycles. The molecule has 1 saturated heterocycles. The number of nitrogens with zero attached hydrogens (tertiary/aromatic N) is 3. The highest BCUT2D eigenvalue weighted by Gasteiger charge is 2.48. The van der Waals surface area contributed by atoms with Crippen LogP contribution in [0.3, 0.4) is 0 Å². The number of aliphatic hydroxyl groups excluding tert-OH is 1. The number of halogens is 1. The zero-order chi connectivity index (χ0) is 34.8. The van der Waals surface area contributed by atoms with Gasteiger partial charge in [-0.3, -0.25) is 14.5 Å². The van der Waals surface area contributed by atoms with Crippen molar-refractivity contribution in [3.63, 3.8) is 0 Å². The number of anilines is 1. The molecular weight excluding hydrogens is 666 g/mol. The van der Waals surface area contributed by atoms with Crippen LogP contribution in [0.4, 0.5) is 9.52 Å². The van der Waals surface area contributed by atoms with E-state index < -0.39 is 17.7 Å². The molecule has 1 aliphatic rings. The fourth-order valence-electron chi connectivity index (χ4n) is 5.27. The van der Waals surface area contributed by atoms with E-state index in [4.69, 9.17) is 14.2 Å². The first kappa shape index (κ1) is 35.9. The number of unbranched alkanes of at least 4 members (excludes halogenated alkanes) is 3. The number of hydrogen-bond donors (Lipinski definition) is 1. The van der Waals surface area contributed by atoms with Gasteiger partial charge in [-0.05, 0) is 73.4 Å². The summed E-state index contributed by atoms with van der Waals surface area (Å²) in [6.45, 7) is 7.50. The summed E-state index contributed by atoms with van der Waals surface area (Å²) in [6, 6.07) is 17.4. The SMILES string of the molecule is CCCCCOc1ccc(C2/C(=C(/O)c3ccc(OCCCC)cc3)C(=O)C(=O)N2c2nnc(SCc3ccccc3F)s2)cc1OCC. The highest BCUT2D eigenvalue weighted by atomic mass is 32.2. The van der Waals surface area contributed by atoms with Crippen molar-refractivity contribution in [1.29, 1.82) is 0 Å². The predicted molar refractivity (Wildman–Crippen MR) is 190 cm³/mol. The summed E-state index contributed by atoms with van der Waals surface area (Å²) in [5.74, 6) is -0.443. The van der Waals surface area contributed by atoms with Crippen LogP contribution in [0.2, 0.25) is 0 Å². The zero-order valence-corrected chi connectivity index (χ0v) is 29.4. The third kappa shape index (κ3) is 8.60. The van der Waals surface area contributed by atoms with E-state index in [-0.39, 0.29) is 22.3 Å². The van der Waals surface area contributed by atoms with Crippen LogP contribution in [-0.2, 0) is 15.3 Å². The van der Waals surface area contributed by atoms with Crippen LogP contribution in [0.25, 0.3) is 5.76 Å². The molecule has 2 heterocycles. The number of ketones is 1. The van der Waals surface area contributed by atoms with Crippen LogP contribution in [0.5, 0.6) is 17.2 Å². The van der Waals surface area contributed by atoms with Crippen molar-refractivity contribution in [3.8, 4) is 17.2 Å². The molecule has 5 rings (SSSR count). The Labute approximate surface area is 294 Å². The molecule has 0 spiro atoms. The van der Waals surface area contributed by atoms with Gasteiger partial charge in [0.2, 0.25) is 5.13 Å². The second-order valence-electron chi connectivity index (χ2n) is 11.3. The van der Waals surface area contributed by atoms with Gasteiger partial charge in [-0.25, -0.2) is 4.39 Å². The van der Waals surface area contributed by atoms with E-state index in [0.29, 0.717) is 63.9 Å². The molecule has 0 saturated carbocycles. The van der Waals surface area contributed by atoms with Gasteiger partial charge in [-0.15, -0.1) is 10.2 Å². The standard InChI is InChI=1S/C37H40FN3O6S2/c1-4-7-11-21-47-29-19-16-25(22-30(29)45-6-3)32-31(33(42)24-14-17-27(18-15-24)46-20-8-5-2)34(43)35(44)41(32)36-39-40-37(49-36)48-23-26-12-9-10-13-28(26)38/h9-10,12-19,22,32,42H,4-8,11,20-21,23H2,1-3H3/b33-31-. The van der Waals surface area contributed by atoms with Crippen LogP contribution in [0, 0.1) is 5.82 Å². The highest BCUT2D eigenvalue weighted by Crippen LogP contribution is 2.46. The molecule has 1 fully saturated rings. The normalized spacial score (nSPS) is 15.5. The van der Waals surface area contributed by atoms with Crippen molar-refractivity contribution >= 4 is 45.7 Å². The lowest BCUT2D eigenvalue weighted by molar-refractivity contribution is -0.132. The fourth-order valence-corrected chi connectivity index (χ4v) is 7.13. The molecule has 1 unspecified atom stereocenters. The highest BCUT2D eigenvalue weighted by molar-refractivity contribution is 8.00. The van der Waals surface area contributed by atoms with Gasteiger partial charge in [0.05, 0.1) is 31.4 Å². The quantitative estimate of drug-likeness (QED) is 0.0288. The molecule has 1 amide bonds. The largest absolute Gasteiger partial charge is 0.507 e. The van der Waals surface area contributed by atoms with E-state index in [1.54, 1.807) is 60.7 Å². The number of aromatic nitrogens is 2. The molecule has 0 radical (unpaired) electrons. The van der Waals surface area contributed by atoms with Crippen LogP contribution in [0.1, 0.15) is 75.6 Å². The Kier molecular flexibility index (Phi) is 12.7. The topological polar surface area (TPSA) is 111 Å². The minimum absolute atomic E-state index is 0.0977. The minimum atomic E-state index is -1.05. The summed E-state index contributed by atoms with van der Waals surface area (Å²) in [5.41, 5.74) is 1.27. The van der Waals surface area contributed by atoms with Crippen LogP contribution >= 0.6 is 23.1 Å². The lowest BCUT2D eigenvalue weighted by Crippen LogP contribution is -2.29. The molecule has 1 N–H and O–H groups in total. The maximum atomic E-state index is 14.3. The molecule has 0 aliphatic carbocycles. The first-order valence-corrected chi connectivity index (χ1v) is 18.3. The molecule has 3 aromatic carbocycles. The molecule has 1 aromatic heterocycles. The van der Waals surface area contributed by atoms with E-state index in [1.165, 1.54) is 22.7 Å². The van der Waals surface area contributed by atoms with Crippen molar-refractivity contribution in [2.24, 2.45) is 0 Å². The predicted octanol–water partition coefficient (Wildman–Crippen LogP) is 8.74. The molecular formula is C37H40FN3O6S2. The minimum Gasteiger partial charge on any atom is -0.507 e. The maximum absolute atomic E-state index is 14.3. The zero-order valence-electron chi connectivity index (χ0n) is 27.8. The van der Waals surface area contributed by atoms with Crippen LogP contribution in [-0.4, -0.2) is 46.8 Å². The first-order chi connectivity index (χ1) is 23.9. The second-order valence-corrected chi connectivity index (χ2v) is 13.5. The van der Waals surface area contributed by atoms with E-state index >= 15 is 0 Å². The number of aliphatic hydroxyl groups is 1. The van der Waals surface area contributed by atoms with Gasteiger partial charge < -0.3 is 19.3 Å². The lowest BCUT2D eigenvalue weighted by Gasteiger charge is -2.23. The van der Waals surface area contributed by atoms with Gasteiger partial charge in [-0.1, -0.05) is 80.5 Å². The third-order valence-corrected chi connectivity index (χ3v) is 9.94. The van der Waals surface area contributed by atoms with E-state index in [1.807, 2.05) is 6.92 Å². The van der Waals surface area contributed by atoms with Crippen molar-refractivity contribution in [1.82, 2.24) is 10.2 Å². The van der Waals surface area contributed by atoms with Crippen LogP contribution in [0.15, 0.2) is 76.6 Å². The summed E-state index contributed by atoms with van der Waals surface area (Å²) in [4.78, 5) is 28.8. The van der Waals surface area contributed by atoms with Crippen molar-refractivity contribution in [3.05, 3.63) is 94.8 Å². The number of carbonyl (C=O) groups excluding carboxylic acids is 2. The third-order valence-electron chi connectivity index (χ3n) is 7.84. The molecule has 1 atom stereocenters. The average Bonchev–Trinajstić information content (AvgIpc) is 3.68. The van der Waals surface area contributed by atoms with Gasteiger partial charge >= 0.3 is 5.91 Å². The fraction of sp³-hybridized carbons (Fsp3) is 0.351. The van der Waals surface area contributed by atoms with Crippen molar-refractivity contribution in [2.45, 2.75) is 69.0 Å². The van der Waals surface area contributed by atoms with Gasteiger partial charge in [0.1, 0.15) is 17.3 Å². The summed E-state index contributed by atoms with van der Waals surface area (Å²) in [6.07, 6.45) is 4.89. The number of benzene rings is 3. The maximum Gasteiger partial charge on any atom is 0.301 e. The number of rotatable bonds is 17. The molecule has 0 bridgehead atoms. The summed E-state index contributed by atoms with van der Waals surface area (Å²) < 4.78 is 32.5. The number of Topliss-reactive ketones (excluding diaryl/α,β-unsaturated/α-hetero) is 1. The Bertz CT molecular complexity index is 1780. The lowest BCUT2D eigenvalue weighted by atomic mass is 9.95. The average molecular weight is 706 g/mol. The number of ether oxygens (including phenoxy) is 3. The Balaban J connectivity index is 1.53. The van der Waals surface area contributed by atoms with Crippen molar-refractivity contribution in [2.75, 3.05) is 24.7 Å². The van der Waals surface area contributed by atoms with Crippen molar-refractivity contribution < 1.29 is 33.3 Å². The molecule has 4 aromatic rings. The van der Waals surface area contributed by atoms with E-state index in [9.17, 15) is 19.1 Å². The Morgan fingerprint density at radius 1 is 0.898 bits per heavy atom. The number of amides is 1. The van der Waals surface area contributed by atoms with Gasteiger partial charge in [0.15, 0.2) is 15.8 Å². The van der Waals surface area contributed by atoms with Gasteiger partial charge in [0.25, 0.3) is 5.78 Å². The van der Waals surface area contributed by atoms with E-state index in [2.05, 4.69) is 24.0 Å². The first-order valence-electron chi connectivity index (χ1n) is 16.5.